The lowest BCUT2D eigenvalue weighted by Crippen LogP contribution is -2.39. The molecule has 0 radical (unpaired) electrons. The summed E-state index contributed by atoms with van der Waals surface area (Å²) >= 11 is 0. The highest BCUT2D eigenvalue weighted by molar-refractivity contribution is 5.78. The van der Waals surface area contributed by atoms with Gasteiger partial charge in [-0.05, 0) is 47.9 Å². The second-order valence-electron chi connectivity index (χ2n) is 7.71. The molecule has 0 saturated carbocycles. The number of aliphatic hydroxyl groups is 1. The van der Waals surface area contributed by atoms with Gasteiger partial charge >= 0.3 is 0 Å². The molecule has 0 saturated heterocycles. The number of halogens is 1. The predicted octanol–water partition coefficient (Wildman–Crippen LogP) is 3.00. The van der Waals surface area contributed by atoms with Crippen molar-refractivity contribution in [3.63, 3.8) is 0 Å². The van der Waals surface area contributed by atoms with Gasteiger partial charge in [0.2, 0.25) is 5.91 Å². The molecule has 158 valence electrons. The minimum atomic E-state index is -0.318. The van der Waals surface area contributed by atoms with E-state index in [1.54, 1.807) is 17.0 Å². The Bertz CT molecular complexity index is 744. The summed E-state index contributed by atoms with van der Waals surface area (Å²) in [7, 11) is 0. The normalized spacial score (nSPS) is 12.1. The number of carbonyl (C=O) groups is 1. The summed E-state index contributed by atoms with van der Waals surface area (Å²) in [6.07, 6.45) is 0.231. The van der Waals surface area contributed by atoms with Gasteiger partial charge < -0.3 is 20.5 Å². The maximum atomic E-state index is 13.2. The van der Waals surface area contributed by atoms with Crippen LogP contribution in [0.5, 0.6) is 5.75 Å². The van der Waals surface area contributed by atoms with Crippen molar-refractivity contribution in [2.75, 3.05) is 26.3 Å². The van der Waals surface area contributed by atoms with E-state index in [2.05, 4.69) is 13.8 Å². The first-order valence-corrected chi connectivity index (χ1v) is 9.96. The van der Waals surface area contributed by atoms with Crippen molar-refractivity contribution >= 4 is 5.91 Å². The molecule has 6 heteroatoms. The monoisotopic (exact) mass is 402 g/mol. The van der Waals surface area contributed by atoms with Crippen molar-refractivity contribution in [2.24, 2.45) is 17.6 Å². The van der Waals surface area contributed by atoms with Crippen LogP contribution < -0.4 is 10.5 Å². The predicted molar refractivity (Wildman–Crippen MR) is 112 cm³/mol. The molecule has 1 unspecified atom stereocenters. The first-order chi connectivity index (χ1) is 13.9. The van der Waals surface area contributed by atoms with E-state index >= 15 is 0 Å². The second-order valence-corrected chi connectivity index (χ2v) is 7.71. The molecule has 0 aliphatic carbocycles. The minimum absolute atomic E-state index is 0.0722. The highest BCUT2D eigenvalue weighted by atomic mass is 19.1. The Balaban J connectivity index is 2.06. The highest BCUT2D eigenvalue weighted by Crippen LogP contribution is 2.16. The number of nitrogens with zero attached hydrogens (tertiary/aromatic N) is 1. The van der Waals surface area contributed by atoms with E-state index in [1.807, 2.05) is 24.3 Å². The first kappa shape index (κ1) is 22.8. The molecule has 0 aliphatic heterocycles. The Kier molecular flexibility index (Phi) is 9.09. The Morgan fingerprint density at radius 2 is 1.72 bits per heavy atom. The van der Waals surface area contributed by atoms with Crippen molar-refractivity contribution in [2.45, 2.75) is 26.8 Å². The molecular weight excluding hydrogens is 371 g/mol. The van der Waals surface area contributed by atoms with Gasteiger partial charge in [-0.25, -0.2) is 4.39 Å². The number of rotatable bonds is 11. The van der Waals surface area contributed by atoms with E-state index < -0.39 is 0 Å². The van der Waals surface area contributed by atoms with Gasteiger partial charge in [-0.2, -0.15) is 0 Å². The van der Waals surface area contributed by atoms with E-state index in [-0.39, 0.29) is 37.2 Å². The van der Waals surface area contributed by atoms with Crippen LogP contribution in [0.4, 0.5) is 4.39 Å². The molecule has 5 nitrogen and oxygen atoms in total. The summed E-state index contributed by atoms with van der Waals surface area (Å²) in [5.74, 6) is 0.629. The number of hydrogen-bond donors (Lipinski definition) is 2. The quantitative estimate of drug-likeness (QED) is 0.606. The average Bonchev–Trinajstić information content (AvgIpc) is 2.72. The van der Waals surface area contributed by atoms with E-state index in [4.69, 9.17) is 10.5 Å². The average molecular weight is 403 g/mol. The summed E-state index contributed by atoms with van der Waals surface area (Å²) in [5, 5.41) is 9.49. The lowest BCUT2D eigenvalue weighted by molar-refractivity contribution is -0.131. The third kappa shape index (κ3) is 7.83. The van der Waals surface area contributed by atoms with Crippen LogP contribution in [0.25, 0.3) is 0 Å². The molecule has 0 bridgehead atoms. The fraction of sp³-hybridized carbons (Fsp3) is 0.435. The molecule has 1 amide bonds. The van der Waals surface area contributed by atoms with Gasteiger partial charge in [0.25, 0.3) is 0 Å². The SMILES string of the molecule is CC(C)COc1ccc(CC(=O)N(Cc2ccc(F)cc2)CC(CN)CO)cc1. The zero-order valence-electron chi connectivity index (χ0n) is 17.2. The van der Waals surface area contributed by atoms with Crippen LogP contribution in [-0.2, 0) is 17.8 Å². The molecule has 2 rings (SSSR count). The molecule has 1 atom stereocenters. The topological polar surface area (TPSA) is 75.8 Å². The molecular formula is C23H31FN2O3. The lowest BCUT2D eigenvalue weighted by Gasteiger charge is -2.26. The van der Waals surface area contributed by atoms with Crippen molar-refractivity contribution in [1.29, 1.82) is 0 Å². The molecule has 0 aliphatic rings. The zero-order chi connectivity index (χ0) is 21.2. The van der Waals surface area contributed by atoms with E-state index in [9.17, 15) is 14.3 Å². The number of aliphatic hydroxyl groups excluding tert-OH is 1. The number of nitrogens with two attached hydrogens (primary N) is 1. The Morgan fingerprint density at radius 1 is 1.10 bits per heavy atom. The van der Waals surface area contributed by atoms with Gasteiger partial charge in [0.15, 0.2) is 0 Å². The maximum absolute atomic E-state index is 13.2. The third-order valence-corrected chi connectivity index (χ3v) is 4.57. The van der Waals surface area contributed by atoms with Crippen LogP contribution in [0.2, 0.25) is 0 Å². The Labute approximate surface area is 172 Å². The van der Waals surface area contributed by atoms with E-state index in [1.165, 1.54) is 12.1 Å². The second kappa shape index (κ2) is 11.5. The summed E-state index contributed by atoms with van der Waals surface area (Å²) in [6.45, 7) is 5.69. The molecule has 29 heavy (non-hydrogen) atoms. The van der Waals surface area contributed by atoms with Crippen molar-refractivity contribution in [3.05, 3.63) is 65.5 Å². The van der Waals surface area contributed by atoms with Crippen LogP contribution in [0.1, 0.15) is 25.0 Å². The van der Waals surface area contributed by atoms with Crippen LogP contribution >= 0.6 is 0 Å². The molecule has 0 aromatic heterocycles. The molecule has 2 aromatic carbocycles. The van der Waals surface area contributed by atoms with Crippen LogP contribution in [-0.4, -0.2) is 42.2 Å². The van der Waals surface area contributed by atoms with Crippen LogP contribution in [0, 0.1) is 17.7 Å². The molecule has 3 N–H and O–H groups in total. The van der Waals surface area contributed by atoms with Gasteiger partial charge in [0.05, 0.1) is 13.0 Å². The van der Waals surface area contributed by atoms with Crippen LogP contribution in [0.15, 0.2) is 48.5 Å². The van der Waals surface area contributed by atoms with Gasteiger partial charge in [-0.15, -0.1) is 0 Å². The van der Waals surface area contributed by atoms with Crippen molar-refractivity contribution in [3.8, 4) is 5.75 Å². The summed E-state index contributed by atoms with van der Waals surface area (Å²) in [5.41, 5.74) is 7.41. The Hall–Kier alpha value is -2.44. The number of hydrogen-bond acceptors (Lipinski definition) is 4. The number of ether oxygens (including phenoxy) is 1. The fourth-order valence-corrected chi connectivity index (χ4v) is 2.84. The van der Waals surface area contributed by atoms with Gasteiger partial charge in [-0.3, -0.25) is 4.79 Å². The lowest BCUT2D eigenvalue weighted by atomic mass is 10.1. The van der Waals surface area contributed by atoms with Crippen molar-refractivity contribution < 1.29 is 19.0 Å². The summed E-state index contributed by atoms with van der Waals surface area (Å²) < 4.78 is 18.9. The molecule has 0 spiro atoms. The smallest absolute Gasteiger partial charge is 0.227 e. The van der Waals surface area contributed by atoms with Crippen molar-refractivity contribution in [1.82, 2.24) is 4.90 Å². The number of benzene rings is 2. The molecule has 0 heterocycles. The van der Waals surface area contributed by atoms with E-state index in [0.29, 0.717) is 25.6 Å². The Morgan fingerprint density at radius 3 is 2.28 bits per heavy atom. The first-order valence-electron chi connectivity index (χ1n) is 9.96. The van der Waals surface area contributed by atoms with Gasteiger partial charge in [0, 0.05) is 25.6 Å². The standard InChI is InChI=1S/C23H31FN2O3/c1-17(2)16-29-22-9-5-18(6-10-22)11-23(28)26(14-20(12-25)15-27)13-19-3-7-21(24)8-4-19/h3-10,17,20,27H,11-16,25H2,1-2H3. The van der Waals surface area contributed by atoms with Gasteiger partial charge in [-0.1, -0.05) is 38.1 Å². The molecule has 2 aromatic rings. The van der Waals surface area contributed by atoms with Gasteiger partial charge in [0.1, 0.15) is 11.6 Å². The molecule has 0 fully saturated rings. The number of carbonyl (C=O) groups excluding carboxylic acids is 1. The highest BCUT2D eigenvalue weighted by Gasteiger charge is 2.19. The summed E-state index contributed by atoms with van der Waals surface area (Å²) in [4.78, 5) is 14.6. The maximum Gasteiger partial charge on any atom is 0.227 e. The number of amides is 1. The van der Waals surface area contributed by atoms with E-state index in [0.717, 1.165) is 16.9 Å². The zero-order valence-corrected chi connectivity index (χ0v) is 17.2. The summed E-state index contributed by atoms with van der Waals surface area (Å²) in [6, 6.07) is 13.6. The van der Waals surface area contributed by atoms with Crippen LogP contribution in [0.3, 0.4) is 0 Å². The largest absolute Gasteiger partial charge is 0.493 e. The fourth-order valence-electron chi connectivity index (χ4n) is 2.84. The minimum Gasteiger partial charge on any atom is -0.493 e. The third-order valence-electron chi connectivity index (χ3n) is 4.57.